The molecule has 0 aliphatic rings. The summed E-state index contributed by atoms with van der Waals surface area (Å²) in [4.78, 5) is 37.5. The smallest absolute Gasteiger partial charge is 0.245 e. The first-order valence-corrected chi connectivity index (χ1v) is 8.52. The maximum absolute atomic E-state index is 12.8. The van der Waals surface area contributed by atoms with Crippen LogP contribution in [0.25, 0.3) is 0 Å². The van der Waals surface area contributed by atoms with Crippen molar-refractivity contribution in [3.05, 3.63) is 35.9 Å². The third-order valence-electron chi connectivity index (χ3n) is 4.07. The van der Waals surface area contributed by atoms with Crippen molar-refractivity contribution in [3.63, 3.8) is 0 Å². The molecule has 0 aromatic heterocycles. The van der Waals surface area contributed by atoms with Gasteiger partial charge in [0.1, 0.15) is 6.04 Å². The van der Waals surface area contributed by atoms with Crippen LogP contribution in [0.1, 0.15) is 26.3 Å². The minimum atomic E-state index is -0.716. The Hall–Kier alpha value is -2.41. The first-order chi connectivity index (χ1) is 12.1. The summed E-state index contributed by atoms with van der Waals surface area (Å²) in [5.74, 6) is -1.28. The normalized spacial score (nSPS) is 13.5. The van der Waals surface area contributed by atoms with Crippen LogP contribution in [0.4, 0.5) is 0 Å². The average molecular weight is 363 g/mol. The molecule has 7 heteroatoms. The summed E-state index contributed by atoms with van der Waals surface area (Å²) in [5.41, 5.74) is 0.413. The Morgan fingerprint density at radius 3 is 2.23 bits per heavy atom. The number of nitrogens with zero attached hydrogens (tertiary/aromatic N) is 2. The molecule has 0 spiro atoms. The lowest BCUT2D eigenvalue weighted by Crippen LogP contribution is -2.55. The van der Waals surface area contributed by atoms with E-state index in [0.717, 1.165) is 5.56 Å². The van der Waals surface area contributed by atoms with Crippen molar-refractivity contribution in [1.82, 2.24) is 15.3 Å². The molecule has 0 aliphatic heterocycles. The van der Waals surface area contributed by atoms with E-state index in [2.05, 4.69) is 5.32 Å². The number of nitrogens with one attached hydrogen (secondary N) is 1. The van der Waals surface area contributed by atoms with Crippen LogP contribution in [0, 0.1) is 11.3 Å². The molecule has 0 saturated heterocycles. The second-order valence-corrected chi connectivity index (χ2v) is 7.65. The maximum Gasteiger partial charge on any atom is 0.245 e. The Labute approximate surface area is 154 Å². The standard InChI is InChI=1S/C19H29N3O4/c1-19(2,3)16(18(25)21(4)5)20-17(24)15(12-22(26)13-23)11-14-9-7-6-8-10-14/h6-10,13,15-16,26H,11-12H2,1-5H3,(H,20,24)/t15-,16-/m1/s1. The van der Waals surface area contributed by atoms with Crippen molar-refractivity contribution >= 4 is 18.2 Å². The highest BCUT2D eigenvalue weighted by atomic mass is 16.5. The number of rotatable bonds is 8. The number of carbonyl (C=O) groups is 3. The molecule has 0 fully saturated rings. The van der Waals surface area contributed by atoms with Crippen molar-refractivity contribution < 1.29 is 19.6 Å². The van der Waals surface area contributed by atoms with E-state index in [4.69, 9.17) is 0 Å². The van der Waals surface area contributed by atoms with E-state index in [1.54, 1.807) is 14.1 Å². The zero-order valence-electron chi connectivity index (χ0n) is 16.1. The third-order valence-corrected chi connectivity index (χ3v) is 4.07. The van der Waals surface area contributed by atoms with Crippen molar-refractivity contribution in [1.29, 1.82) is 0 Å². The molecule has 144 valence electrons. The van der Waals surface area contributed by atoms with Gasteiger partial charge in [-0.25, -0.2) is 5.06 Å². The summed E-state index contributed by atoms with van der Waals surface area (Å²) in [7, 11) is 3.27. The first kappa shape index (κ1) is 21.6. The van der Waals surface area contributed by atoms with Gasteiger partial charge in [0.05, 0.1) is 12.5 Å². The number of likely N-dealkylation sites (N-methyl/N-ethyl adjacent to an activating group) is 1. The molecular weight excluding hydrogens is 334 g/mol. The number of hydrogen-bond donors (Lipinski definition) is 2. The molecule has 0 unspecified atom stereocenters. The second kappa shape index (κ2) is 9.33. The van der Waals surface area contributed by atoms with Gasteiger partial charge in [-0.2, -0.15) is 0 Å². The van der Waals surface area contributed by atoms with Crippen LogP contribution in [0.5, 0.6) is 0 Å². The molecule has 0 bridgehead atoms. The van der Waals surface area contributed by atoms with Crippen LogP contribution < -0.4 is 5.32 Å². The minimum absolute atomic E-state index is 0.156. The van der Waals surface area contributed by atoms with E-state index in [1.165, 1.54) is 4.90 Å². The predicted octanol–water partition coefficient (Wildman–Crippen LogP) is 1.31. The van der Waals surface area contributed by atoms with E-state index in [-0.39, 0.29) is 24.8 Å². The summed E-state index contributed by atoms with van der Waals surface area (Å²) in [6, 6.07) is 8.60. The van der Waals surface area contributed by atoms with Crippen LogP contribution in [0.15, 0.2) is 30.3 Å². The molecule has 1 aromatic rings. The fourth-order valence-corrected chi connectivity index (χ4v) is 2.57. The van der Waals surface area contributed by atoms with Crippen molar-refractivity contribution in [3.8, 4) is 0 Å². The first-order valence-electron chi connectivity index (χ1n) is 8.52. The number of benzene rings is 1. The summed E-state index contributed by atoms with van der Waals surface area (Å²) >= 11 is 0. The molecule has 0 heterocycles. The molecule has 26 heavy (non-hydrogen) atoms. The molecule has 1 aromatic carbocycles. The molecule has 0 saturated carbocycles. The third kappa shape index (κ3) is 6.48. The molecule has 2 N–H and O–H groups in total. The van der Waals surface area contributed by atoms with Crippen molar-refractivity contribution in [2.45, 2.75) is 33.2 Å². The molecule has 1 rings (SSSR count). The number of carbonyl (C=O) groups excluding carboxylic acids is 3. The van der Waals surface area contributed by atoms with Gasteiger partial charge in [-0.05, 0) is 17.4 Å². The van der Waals surface area contributed by atoms with Gasteiger partial charge in [0.2, 0.25) is 18.2 Å². The van der Waals surface area contributed by atoms with E-state index in [9.17, 15) is 19.6 Å². The van der Waals surface area contributed by atoms with E-state index < -0.39 is 17.4 Å². The zero-order valence-corrected chi connectivity index (χ0v) is 16.1. The van der Waals surface area contributed by atoms with Crippen LogP contribution in [-0.4, -0.2) is 60.1 Å². The van der Waals surface area contributed by atoms with Gasteiger partial charge in [0.25, 0.3) is 0 Å². The fraction of sp³-hybridized carbons (Fsp3) is 0.526. The quantitative estimate of drug-likeness (QED) is 0.414. The second-order valence-electron chi connectivity index (χ2n) is 7.65. The van der Waals surface area contributed by atoms with Crippen molar-refractivity contribution in [2.24, 2.45) is 11.3 Å². The molecular formula is C19H29N3O4. The van der Waals surface area contributed by atoms with Gasteiger partial charge in [-0.1, -0.05) is 51.1 Å². The van der Waals surface area contributed by atoms with Crippen LogP contribution in [0.2, 0.25) is 0 Å². The Kier molecular flexibility index (Phi) is 7.76. The van der Waals surface area contributed by atoms with Gasteiger partial charge in [0.15, 0.2) is 0 Å². The topological polar surface area (TPSA) is 90.0 Å². The fourth-order valence-electron chi connectivity index (χ4n) is 2.57. The van der Waals surface area contributed by atoms with Crippen molar-refractivity contribution in [2.75, 3.05) is 20.6 Å². The maximum atomic E-state index is 12.8. The van der Waals surface area contributed by atoms with Gasteiger partial charge in [0, 0.05) is 14.1 Å². The van der Waals surface area contributed by atoms with E-state index in [0.29, 0.717) is 11.5 Å². The SMILES string of the molecule is CN(C)C(=O)[C@@H](NC(=O)[C@H](Cc1ccccc1)CN(O)C=O)C(C)(C)C. The van der Waals surface area contributed by atoms with Gasteiger partial charge in [-0.15, -0.1) is 0 Å². The van der Waals surface area contributed by atoms with Gasteiger partial charge in [-0.3, -0.25) is 19.6 Å². The van der Waals surface area contributed by atoms with Gasteiger partial charge < -0.3 is 10.2 Å². The summed E-state index contributed by atoms with van der Waals surface area (Å²) in [6.07, 6.45) is 0.599. The minimum Gasteiger partial charge on any atom is -0.347 e. The molecule has 0 radical (unpaired) electrons. The lowest BCUT2D eigenvalue weighted by molar-refractivity contribution is -0.155. The zero-order chi connectivity index (χ0) is 19.9. The van der Waals surface area contributed by atoms with E-state index >= 15 is 0 Å². The Bertz CT molecular complexity index is 611. The Balaban J connectivity index is 3.01. The van der Waals surface area contributed by atoms with Crippen LogP contribution in [-0.2, 0) is 20.8 Å². The highest BCUT2D eigenvalue weighted by Gasteiger charge is 2.35. The number of hydrogen-bond acceptors (Lipinski definition) is 4. The molecule has 2 atom stereocenters. The van der Waals surface area contributed by atoms with Gasteiger partial charge >= 0.3 is 0 Å². The summed E-state index contributed by atoms with van der Waals surface area (Å²) < 4.78 is 0. The Morgan fingerprint density at radius 2 is 1.77 bits per heavy atom. The molecule has 0 aliphatic carbocycles. The molecule has 3 amide bonds. The number of amides is 3. The lowest BCUT2D eigenvalue weighted by atomic mass is 9.85. The molecule has 7 nitrogen and oxygen atoms in total. The summed E-state index contributed by atoms with van der Waals surface area (Å²) in [6.45, 7) is 5.46. The summed E-state index contributed by atoms with van der Waals surface area (Å²) in [5, 5.41) is 12.8. The average Bonchev–Trinajstić information content (AvgIpc) is 2.57. The monoisotopic (exact) mass is 363 g/mol. The number of hydroxylamine groups is 2. The lowest BCUT2D eigenvalue weighted by Gasteiger charge is -2.33. The van der Waals surface area contributed by atoms with E-state index in [1.807, 2.05) is 51.1 Å². The highest BCUT2D eigenvalue weighted by Crippen LogP contribution is 2.21. The largest absolute Gasteiger partial charge is 0.347 e. The van der Waals surface area contributed by atoms with Crippen LogP contribution >= 0.6 is 0 Å². The Morgan fingerprint density at radius 1 is 1.19 bits per heavy atom. The van der Waals surface area contributed by atoms with Crippen LogP contribution in [0.3, 0.4) is 0 Å². The highest BCUT2D eigenvalue weighted by molar-refractivity contribution is 5.89. The predicted molar refractivity (Wildman–Crippen MR) is 98.3 cm³/mol.